The Morgan fingerprint density at radius 2 is 1.69 bits per heavy atom. The number of nitrogens with two attached hydrogens (primary N) is 1. The zero-order chi connectivity index (χ0) is 11.4. The predicted molar refractivity (Wildman–Crippen MR) is 67.3 cm³/mol. The van der Waals surface area contributed by atoms with Crippen LogP contribution in [-0.4, -0.2) is 4.98 Å². The van der Waals surface area contributed by atoms with Crippen LogP contribution in [0.2, 0.25) is 0 Å². The molecule has 1 aromatic heterocycles. The van der Waals surface area contributed by atoms with Crippen molar-refractivity contribution >= 4 is 5.69 Å². The summed E-state index contributed by atoms with van der Waals surface area (Å²) in [6.45, 7) is 2.14. The molecule has 16 heavy (non-hydrogen) atoms. The first-order valence-electron chi connectivity index (χ1n) is 5.56. The van der Waals surface area contributed by atoms with Crippen LogP contribution < -0.4 is 5.73 Å². The van der Waals surface area contributed by atoms with E-state index >= 15 is 0 Å². The van der Waals surface area contributed by atoms with Gasteiger partial charge in [0.1, 0.15) is 0 Å². The summed E-state index contributed by atoms with van der Waals surface area (Å²) in [5, 5.41) is 0. The fourth-order valence-corrected chi connectivity index (χ4v) is 1.61. The molecule has 82 valence electrons. The topological polar surface area (TPSA) is 38.9 Å². The summed E-state index contributed by atoms with van der Waals surface area (Å²) in [5.74, 6) is 0. The van der Waals surface area contributed by atoms with Crippen LogP contribution in [0, 0.1) is 0 Å². The second-order valence-electron chi connectivity index (χ2n) is 3.93. The van der Waals surface area contributed by atoms with Crippen molar-refractivity contribution in [3.05, 3.63) is 59.4 Å². The Bertz CT molecular complexity index is 443. The monoisotopic (exact) mass is 212 g/mol. The van der Waals surface area contributed by atoms with Crippen molar-refractivity contribution < 1.29 is 0 Å². The SMILES string of the molecule is CCc1ccc(Cc2ccc(N)cc2)nc1. The minimum absolute atomic E-state index is 0.804. The van der Waals surface area contributed by atoms with Gasteiger partial charge in [-0.3, -0.25) is 4.98 Å². The van der Waals surface area contributed by atoms with Gasteiger partial charge in [-0.2, -0.15) is 0 Å². The van der Waals surface area contributed by atoms with Crippen molar-refractivity contribution in [2.75, 3.05) is 5.73 Å². The van der Waals surface area contributed by atoms with E-state index in [0.29, 0.717) is 0 Å². The Kier molecular flexibility index (Phi) is 3.20. The second kappa shape index (κ2) is 4.79. The lowest BCUT2D eigenvalue weighted by Crippen LogP contribution is -1.93. The molecule has 0 bridgehead atoms. The number of benzene rings is 1. The average molecular weight is 212 g/mol. The highest BCUT2D eigenvalue weighted by Crippen LogP contribution is 2.10. The lowest BCUT2D eigenvalue weighted by atomic mass is 10.1. The van der Waals surface area contributed by atoms with E-state index < -0.39 is 0 Å². The Morgan fingerprint density at radius 1 is 1.00 bits per heavy atom. The fourth-order valence-electron chi connectivity index (χ4n) is 1.61. The summed E-state index contributed by atoms with van der Waals surface area (Å²) in [7, 11) is 0. The van der Waals surface area contributed by atoms with Gasteiger partial charge >= 0.3 is 0 Å². The number of anilines is 1. The molecule has 2 aromatic rings. The number of hydrogen-bond donors (Lipinski definition) is 1. The van der Waals surface area contributed by atoms with E-state index in [1.165, 1.54) is 11.1 Å². The molecule has 0 saturated carbocycles. The van der Waals surface area contributed by atoms with Crippen LogP contribution in [-0.2, 0) is 12.8 Å². The van der Waals surface area contributed by atoms with Crippen LogP contribution in [0.4, 0.5) is 5.69 Å². The zero-order valence-electron chi connectivity index (χ0n) is 9.48. The Balaban J connectivity index is 2.11. The maximum atomic E-state index is 5.64. The number of aromatic nitrogens is 1. The van der Waals surface area contributed by atoms with Gasteiger partial charge in [0.25, 0.3) is 0 Å². The van der Waals surface area contributed by atoms with Crippen molar-refractivity contribution in [2.45, 2.75) is 19.8 Å². The summed E-state index contributed by atoms with van der Waals surface area (Å²) in [6, 6.07) is 12.2. The lowest BCUT2D eigenvalue weighted by molar-refractivity contribution is 1.03. The molecule has 0 radical (unpaired) electrons. The minimum atomic E-state index is 0.804. The van der Waals surface area contributed by atoms with Crippen LogP contribution in [0.1, 0.15) is 23.7 Å². The molecular weight excluding hydrogens is 196 g/mol. The molecule has 2 heteroatoms. The Hall–Kier alpha value is -1.83. The molecule has 0 fully saturated rings. The number of aryl methyl sites for hydroxylation is 1. The van der Waals surface area contributed by atoms with Crippen LogP contribution in [0.3, 0.4) is 0 Å². The maximum Gasteiger partial charge on any atom is 0.0447 e. The average Bonchev–Trinajstić information content (AvgIpc) is 2.33. The van der Waals surface area contributed by atoms with Crippen molar-refractivity contribution in [1.82, 2.24) is 4.98 Å². The van der Waals surface area contributed by atoms with Crippen molar-refractivity contribution in [3.8, 4) is 0 Å². The summed E-state index contributed by atoms with van der Waals surface area (Å²) >= 11 is 0. The predicted octanol–water partition coefficient (Wildman–Crippen LogP) is 2.82. The van der Waals surface area contributed by atoms with Crippen molar-refractivity contribution in [1.29, 1.82) is 0 Å². The van der Waals surface area contributed by atoms with Gasteiger partial charge in [-0.25, -0.2) is 0 Å². The van der Waals surface area contributed by atoms with E-state index in [2.05, 4.69) is 24.0 Å². The van der Waals surface area contributed by atoms with E-state index in [1.807, 2.05) is 30.5 Å². The highest BCUT2D eigenvalue weighted by Gasteiger charge is 1.97. The summed E-state index contributed by atoms with van der Waals surface area (Å²) in [4.78, 5) is 4.44. The van der Waals surface area contributed by atoms with E-state index in [4.69, 9.17) is 5.73 Å². The van der Waals surface area contributed by atoms with Gasteiger partial charge in [-0.1, -0.05) is 25.1 Å². The van der Waals surface area contributed by atoms with E-state index in [-0.39, 0.29) is 0 Å². The third-order valence-electron chi connectivity index (χ3n) is 2.66. The van der Waals surface area contributed by atoms with Crippen LogP contribution in [0.5, 0.6) is 0 Å². The minimum Gasteiger partial charge on any atom is -0.399 e. The molecule has 0 spiro atoms. The summed E-state index contributed by atoms with van der Waals surface area (Å²) < 4.78 is 0. The third-order valence-corrected chi connectivity index (χ3v) is 2.66. The van der Waals surface area contributed by atoms with Gasteiger partial charge in [-0.05, 0) is 35.7 Å². The molecule has 0 aliphatic heterocycles. The van der Waals surface area contributed by atoms with Crippen LogP contribution >= 0.6 is 0 Å². The quantitative estimate of drug-likeness (QED) is 0.794. The molecule has 0 saturated heterocycles. The van der Waals surface area contributed by atoms with Gasteiger partial charge in [-0.15, -0.1) is 0 Å². The fraction of sp³-hybridized carbons (Fsp3) is 0.214. The van der Waals surface area contributed by atoms with Crippen LogP contribution in [0.25, 0.3) is 0 Å². The molecule has 0 atom stereocenters. The summed E-state index contributed by atoms with van der Waals surface area (Å²) in [5.41, 5.74) is 10.1. The normalized spacial score (nSPS) is 10.3. The van der Waals surface area contributed by atoms with Crippen molar-refractivity contribution in [2.24, 2.45) is 0 Å². The van der Waals surface area contributed by atoms with E-state index in [9.17, 15) is 0 Å². The molecule has 1 aromatic carbocycles. The van der Waals surface area contributed by atoms with Gasteiger partial charge in [0.2, 0.25) is 0 Å². The molecular formula is C14H16N2. The molecule has 0 unspecified atom stereocenters. The molecule has 0 amide bonds. The summed E-state index contributed by atoms with van der Waals surface area (Å²) in [6.07, 6.45) is 3.85. The molecule has 2 rings (SSSR count). The molecule has 1 heterocycles. The highest BCUT2D eigenvalue weighted by atomic mass is 14.7. The molecule has 0 aliphatic rings. The van der Waals surface area contributed by atoms with Crippen molar-refractivity contribution in [3.63, 3.8) is 0 Å². The van der Waals surface area contributed by atoms with Gasteiger partial charge in [0, 0.05) is 24.0 Å². The number of nitrogen functional groups attached to an aromatic ring is 1. The first-order chi connectivity index (χ1) is 7.78. The zero-order valence-corrected chi connectivity index (χ0v) is 9.48. The Morgan fingerprint density at radius 3 is 2.25 bits per heavy atom. The van der Waals surface area contributed by atoms with Gasteiger partial charge in [0.15, 0.2) is 0 Å². The first-order valence-corrected chi connectivity index (χ1v) is 5.56. The highest BCUT2D eigenvalue weighted by molar-refractivity contribution is 5.40. The smallest absolute Gasteiger partial charge is 0.0447 e. The van der Waals surface area contributed by atoms with E-state index in [1.54, 1.807) is 0 Å². The maximum absolute atomic E-state index is 5.64. The second-order valence-corrected chi connectivity index (χ2v) is 3.93. The molecule has 0 aliphatic carbocycles. The molecule has 2 N–H and O–H groups in total. The van der Waals surface area contributed by atoms with E-state index in [0.717, 1.165) is 24.2 Å². The third kappa shape index (κ3) is 2.60. The number of rotatable bonds is 3. The number of hydrogen-bond acceptors (Lipinski definition) is 2. The first kappa shape index (κ1) is 10.7. The molecule has 2 nitrogen and oxygen atoms in total. The number of pyridine rings is 1. The standard InChI is InChI=1S/C14H16N2/c1-2-11-5-8-14(16-10-11)9-12-3-6-13(15)7-4-12/h3-8,10H,2,9,15H2,1H3. The Labute approximate surface area is 96.1 Å². The lowest BCUT2D eigenvalue weighted by Gasteiger charge is -2.03. The van der Waals surface area contributed by atoms with Gasteiger partial charge in [0.05, 0.1) is 0 Å². The van der Waals surface area contributed by atoms with Crippen LogP contribution in [0.15, 0.2) is 42.6 Å². The van der Waals surface area contributed by atoms with Gasteiger partial charge < -0.3 is 5.73 Å². The number of nitrogens with zero attached hydrogens (tertiary/aromatic N) is 1. The largest absolute Gasteiger partial charge is 0.399 e.